The highest BCUT2D eigenvalue weighted by atomic mass is 16.5. The fraction of sp³-hybridized carbons (Fsp3) is 0.760. The SMILES string of the molecule is CCCCCCCCCCCCCCCC(=O)N1CCCOC1c1ccncc1. The van der Waals surface area contributed by atoms with E-state index in [1.54, 1.807) is 12.4 Å². The Morgan fingerprint density at radius 2 is 1.48 bits per heavy atom. The molecule has 0 saturated carbocycles. The lowest BCUT2D eigenvalue weighted by Crippen LogP contribution is -2.40. The summed E-state index contributed by atoms with van der Waals surface area (Å²) in [7, 11) is 0. The third-order valence-electron chi connectivity index (χ3n) is 5.91. The molecule has 29 heavy (non-hydrogen) atoms. The number of rotatable bonds is 15. The smallest absolute Gasteiger partial charge is 0.224 e. The first-order valence-corrected chi connectivity index (χ1v) is 12.1. The molecule has 4 heteroatoms. The average Bonchev–Trinajstić information content (AvgIpc) is 2.77. The van der Waals surface area contributed by atoms with Gasteiger partial charge in [-0.1, -0.05) is 84.0 Å². The van der Waals surface area contributed by atoms with Gasteiger partial charge in [0.2, 0.25) is 5.91 Å². The number of nitrogens with zero attached hydrogens (tertiary/aromatic N) is 2. The number of hydrogen-bond donors (Lipinski definition) is 0. The van der Waals surface area contributed by atoms with Gasteiger partial charge in [0.1, 0.15) is 0 Å². The predicted molar refractivity (Wildman–Crippen MR) is 120 cm³/mol. The number of pyridine rings is 1. The number of carbonyl (C=O) groups is 1. The van der Waals surface area contributed by atoms with Gasteiger partial charge in [0.25, 0.3) is 0 Å². The van der Waals surface area contributed by atoms with Gasteiger partial charge in [0.05, 0.1) is 6.61 Å². The predicted octanol–water partition coefficient (Wildman–Crippen LogP) is 6.81. The molecule has 1 aromatic rings. The molecule has 2 heterocycles. The summed E-state index contributed by atoms with van der Waals surface area (Å²) in [6.07, 6.45) is 22.1. The lowest BCUT2D eigenvalue weighted by Gasteiger charge is -2.36. The summed E-state index contributed by atoms with van der Waals surface area (Å²) in [6.45, 7) is 3.79. The first-order valence-electron chi connectivity index (χ1n) is 12.1. The highest BCUT2D eigenvalue weighted by Crippen LogP contribution is 2.27. The van der Waals surface area contributed by atoms with Crippen molar-refractivity contribution in [3.05, 3.63) is 30.1 Å². The molecule has 1 aliphatic heterocycles. The Kier molecular flexibility index (Phi) is 12.7. The van der Waals surface area contributed by atoms with Crippen molar-refractivity contribution in [2.24, 2.45) is 0 Å². The van der Waals surface area contributed by atoms with Crippen molar-refractivity contribution in [2.75, 3.05) is 13.2 Å². The van der Waals surface area contributed by atoms with Gasteiger partial charge in [-0.05, 0) is 25.0 Å². The molecule has 0 radical (unpaired) electrons. The summed E-state index contributed by atoms with van der Waals surface area (Å²) in [4.78, 5) is 18.7. The minimum atomic E-state index is -0.235. The van der Waals surface area contributed by atoms with Crippen molar-refractivity contribution in [2.45, 2.75) is 109 Å². The first kappa shape index (κ1) is 23.9. The quantitative estimate of drug-likeness (QED) is 0.303. The number of hydrogen-bond acceptors (Lipinski definition) is 3. The molecule has 1 atom stereocenters. The molecule has 0 spiro atoms. The number of carbonyl (C=O) groups excluding carboxylic acids is 1. The van der Waals surface area contributed by atoms with E-state index < -0.39 is 0 Å². The fourth-order valence-corrected chi connectivity index (χ4v) is 4.13. The van der Waals surface area contributed by atoms with Crippen molar-refractivity contribution >= 4 is 5.91 Å². The maximum Gasteiger partial charge on any atom is 0.224 e. The number of amides is 1. The van der Waals surface area contributed by atoms with Gasteiger partial charge in [-0.25, -0.2) is 0 Å². The first-order chi connectivity index (χ1) is 14.3. The van der Waals surface area contributed by atoms with E-state index in [0.717, 1.165) is 38.0 Å². The zero-order valence-corrected chi connectivity index (χ0v) is 18.6. The molecular formula is C25H42N2O2. The van der Waals surface area contributed by atoms with Gasteiger partial charge in [0, 0.05) is 30.9 Å². The molecule has 1 saturated heterocycles. The van der Waals surface area contributed by atoms with E-state index in [0.29, 0.717) is 6.42 Å². The summed E-state index contributed by atoms with van der Waals surface area (Å²) in [5, 5.41) is 0. The molecule has 0 bridgehead atoms. The van der Waals surface area contributed by atoms with Gasteiger partial charge in [0.15, 0.2) is 6.23 Å². The number of ether oxygens (including phenoxy) is 1. The molecule has 1 aromatic heterocycles. The van der Waals surface area contributed by atoms with E-state index in [2.05, 4.69) is 11.9 Å². The molecule has 164 valence electrons. The summed E-state index contributed by atoms with van der Waals surface area (Å²) < 4.78 is 5.89. The largest absolute Gasteiger partial charge is 0.354 e. The van der Waals surface area contributed by atoms with Crippen LogP contribution in [-0.2, 0) is 9.53 Å². The number of unbranched alkanes of at least 4 members (excludes halogenated alkanes) is 12. The Morgan fingerprint density at radius 3 is 2.07 bits per heavy atom. The highest BCUT2D eigenvalue weighted by Gasteiger charge is 2.28. The van der Waals surface area contributed by atoms with Crippen LogP contribution in [0.5, 0.6) is 0 Å². The molecule has 1 amide bonds. The monoisotopic (exact) mass is 402 g/mol. The molecule has 2 rings (SSSR count). The Balaban J connectivity index is 1.50. The summed E-state index contributed by atoms with van der Waals surface area (Å²) in [6, 6.07) is 3.89. The lowest BCUT2D eigenvalue weighted by atomic mass is 10.0. The Morgan fingerprint density at radius 1 is 0.931 bits per heavy atom. The van der Waals surface area contributed by atoms with Crippen molar-refractivity contribution in [3.63, 3.8) is 0 Å². The van der Waals surface area contributed by atoms with Crippen LogP contribution in [0.3, 0.4) is 0 Å². The van der Waals surface area contributed by atoms with Crippen LogP contribution >= 0.6 is 0 Å². The van der Waals surface area contributed by atoms with Crippen LogP contribution in [-0.4, -0.2) is 28.9 Å². The maximum atomic E-state index is 12.7. The zero-order chi connectivity index (χ0) is 20.6. The van der Waals surface area contributed by atoms with Gasteiger partial charge in [-0.3, -0.25) is 9.78 Å². The Bertz CT molecular complexity index is 535. The molecule has 0 aliphatic carbocycles. The second-order valence-corrected chi connectivity index (χ2v) is 8.44. The minimum Gasteiger partial charge on any atom is -0.354 e. The van der Waals surface area contributed by atoms with E-state index in [-0.39, 0.29) is 12.1 Å². The lowest BCUT2D eigenvalue weighted by molar-refractivity contribution is -0.156. The third kappa shape index (κ3) is 9.75. The van der Waals surface area contributed by atoms with Crippen LogP contribution < -0.4 is 0 Å². The molecular weight excluding hydrogens is 360 g/mol. The summed E-state index contributed by atoms with van der Waals surface area (Å²) in [5.74, 6) is 0.231. The van der Waals surface area contributed by atoms with E-state index in [9.17, 15) is 4.79 Å². The molecule has 1 fully saturated rings. The summed E-state index contributed by atoms with van der Waals surface area (Å²) >= 11 is 0. The standard InChI is InChI=1S/C25H42N2O2/c1-2-3-4-5-6-7-8-9-10-11-12-13-14-16-24(28)27-21-15-22-29-25(27)23-17-19-26-20-18-23/h17-20,25H,2-16,21-22H2,1H3. The molecule has 0 aromatic carbocycles. The van der Waals surface area contributed by atoms with Crippen molar-refractivity contribution in [1.29, 1.82) is 0 Å². The number of aromatic nitrogens is 1. The fourth-order valence-electron chi connectivity index (χ4n) is 4.13. The van der Waals surface area contributed by atoms with Crippen molar-refractivity contribution in [1.82, 2.24) is 9.88 Å². The van der Waals surface area contributed by atoms with Crippen LogP contribution in [0.25, 0.3) is 0 Å². The van der Waals surface area contributed by atoms with Crippen LogP contribution in [0.15, 0.2) is 24.5 Å². The van der Waals surface area contributed by atoms with Crippen LogP contribution in [0.4, 0.5) is 0 Å². The van der Waals surface area contributed by atoms with Gasteiger partial charge >= 0.3 is 0 Å². The average molecular weight is 403 g/mol. The van der Waals surface area contributed by atoms with E-state index in [1.165, 1.54) is 70.6 Å². The van der Waals surface area contributed by atoms with E-state index in [4.69, 9.17) is 4.74 Å². The van der Waals surface area contributed by atoms with Gasteiger partial charge in [-0.2, -0.15) is 0 Å². The molecule has 0 N–H and O–H groups in total. The highest BCUT2D eigenvalue weighted by molar-refractivity contribution is 5.76. The van der Waals surface area contributed by atoms with Gasteiger partial charge in [-0.15, -0.1) is 0 Å². The normalized spacial score (nSPS) is 16.9. The van der Waals surface area contributed by atoms with Crippen LogP contribution in [0.1, 0.15) is 115 Å². The topological polar surface area (TPSA) is 42.4 Å². The minimum absolute atomic E-state index is 0.231. The Hall–Kier alpha value is -1.42. The third-order valence-corrected chi connectivity index (χ3v) is 5.91. The van der Waals surface area contributed by atoms with E-state index in [1.807, 2.05) is 17.0 Å². The van der Waals surface area contributed by atoms with Crippen LogP contribution in [0, 0.1) is 0 Å². The Labute approximate surface area is 178 Å². The van der Waals surface area contributed by atoms with Crippen molar-refractivity contribution < 1.29 is 9.53 Å². The summed E-state index contributed by atoms with van der Waals surface area (Å²) in [5.41, 5.74) is 1.03. The van der Waals surface area contributed by atoms with Crippen molar-refractivity contribution in [3.8, 4) is 0 Å². The molecule has 4 nitrogen and oxygen atoms in total. The van der Waals surface area contributed by atoms with Crippen LogP contribution in [0.2, 0.25) is 0 Å². The molecule has 1 aliphatic rings. The zero-order valence-electron chi connectivity index (χ0n) is 18.6. The van der Waals surface area contributed by atoms with E-state index >= 15 is 0 Å². The maximum absolute atomic E-state index is 12.7. The second-order valence-electron chi connectivity index (χ2n) is 8.44. The second kappa shape index (κ2) is 15.4. The molecule has 1 unspecified atom stereocenters. The van der Waals surface area contributed by atoms with Gasteiger partial charge < -0.3 is 9.64 Å².